The minimum absolute atomic E-state index is 0.267. The molecule has 0 saturated carbocycles. The van der Waals surface area contributed by atoms with Gasteiger partial charge in [0.1, 0.15) is 24.4 Å². The number of rotatable bonds is 4. The quantitative estimate of drug-likeness (QED) is 0.446. The van der Waals surface area contributed by atoms with Gasteiger partial charge in [0.2, 0.25) is 0 Å². The van der Waals surface area contributed by atoms with Crippen molar-refractivity contribution in [2.24, 2.45) is 5.11 Å². The average molecular weight is 317 g/mol. The van der Waals surface area contributed by atoms with E-state index in [4.69, 9.17) is 24.5 Å². The first kappa shape index (κ1) is 17.4. The van der Waals surface area contributed by atoms with Crippen LogP contribution in [0.2, 0.25) is 0 Å². The van der Waals surface area contributed by atoms with Crippen molar-refractivity contribution in [2.45, 2.75) is 69.7 Å². The number of aliphatic hydroxyl groups is 2. The van der Waals surface area contributed by atoms with Crippen molar-refractivity contribution >= 4 is 0 Å². The maximum absolute atomic E-state index is 10.5. The molecule has 0 aromatic heterocycles. The van der Waals surface area contributed by atoms with Gasteiger partial charge < -0.3 is 29.2 Å². The van der Waals surface area contributed by atoms with Crippen LogP contribution in [0.1, 0.15) is 27.7 Å². The summed E-state index contributed by atoms with van der Waals surface area (Å²) in [5.41, 5.74) is 8.59. The summed E-state index contributed by atoms with van der Waals surface area (Å²) >= 11 is 0. The van der Waals surface area contributed by atoms with E-state index in [1.165, 1.54) is 0 Å². The van der Waals surface area contributed by atoms with Gasteiger partial charge in [0, 0.05) is 4.91 Å². The lowest BCUT2D eigenvalue weighted by Gasteiger charge is -2.46. The first-order valence-electron chi connectivity index (χ1n) is 7.19. The van der Waals surface area contributed by atoms with E-state index in [1.54, 1.807) is 27.7 Å². The molecule has 2 aliphatic heterocycles. The van der Waals surface area contributed by atoms with Crippen LogP contribution >= 0.6 is 0 Å². The first-order valence-corrected chi connectivity index (χ1v) is 7.19. The largest absolute Gasteiger partial charge is 0.396 e. The van der Waals surface area contributed by atoms with Gasteiger partial charge in [0.15, 0.2) is 11.6 Å². The van der Waals surface area contributed by atoms with Gasteiger partial charge in [-0.15, -0.1) is 0 Å². The van der Waals surface area contributed by atoms with E-state index in [1.807, 2.05) is 0 Å². The van der Waals surface area contributed by atoms with Crippen LogP contribution in [0.3, 0.4) is 0 Å². The Balaban J connectivity index is 2.21. The predicted octanol–water partition coefficient (Wildman–Crippen LogP) is 0.690. The highest BCUT2D eigenvalue weighted by Crippen LogP contribution is 2.35. The van der Waals surface area contributed by atoms with Crippen LogP contribution in [0.5, 0.6) is 0 Å². The fourth-order valence-electron chi connectivity index (χ4n) is 2.76. The van der Waals surface area contributed by atoms with E-state index in [9.17, 15) is 10.2 Å². The molecule has 0 aliphatic carbocycles. The van der Waals surface area contributed by atoms with Gasteiger partial charge in [-0.2, -0.15) is 0 Å². The van der Waals surface area contributed by atoms with Gasteiger partial charge >= 0.3 is 0 Å². The molecule has 22 heavy (non-hydrogen) atoms. The van der Waals surface area contributed by atoms with Crippen molar-refractivity contribution in [3.05, 3.63) is 10.4 Å². The third kappa shape index (κ3) is 3.69. The summed E-state index contributed by atoms with van der Waals surface area (Å²) in [6.07, 6.45) is -3.24. The van der Waals surface area contributed by atoms with E-state index < -0.39 is 48.6 Å². The molecule has 2 heterocycles. The molecule has 0 unspecified atom stereocenters. The highest BCUT2D eigenvalue weighted by Gasteiger charge is 2.51. The lowest BCUT2D eigenvalue weighted by Crippen LogP contribution is -2.61. The zero-order valence-electron chi connectivity index (χ0n) is 13.2. The second-order valence-electron chi connectivity index (χ2n) is 6.38. The van der Waals surface area contributed by atoms with Gasteiger partial charge in [-0.1, -0.05) is 5.11 Å². The molecule has 0 spiro atoms. The summed E-state index contributed by atoms with van der Waals surface area (Å²) in [7, 11) is 0. The number of azide groups is 1. The Morgan fingerprint density at radius 3 is 2.41 bits per heavy atom. The maximum Gasteiger partial charge on any atom is 0.163 e. The monoisotopic (exact) mass is 317 g/mol. The fraction of sp³-hybridized carbons (Fsp3) is 1.00. The van der Waals surface area contributed by atoms with E-state index in [0.717, 1.165) is 0 Å². The van der Waals surface area contributed by atoms with Crippen LogP contribution in [-0.4, -0.2) is 65.5 Å². The van der Waals surface area contributed by atoms with Crippen molar-refractivity contribution in [2.75, 3.05) is 13.2 Å². The molecule has 2 N–H and O–H groups in total. The Morgan fingerprint density at radius 2 is 1.91 bits per heavy atom. The second-order valence-corrected chi connectivity index (χ2v) is 6.38. The molecular weight excluding hydrogens is 294 g/mol. The van der Waals surface area contributed by atoms with E-state index in [0.29, 0.717) is 0 Å². The van der Waals surface area contributed by atoms with Gasteiger partial charge in [0.05, 0.1) is 19.3 Å². The molecule has 0 aromatic rings. The zero-order valence-corrected chi connectivity index (χ0v) is 13.2. The van der Waals surface area contributed by atoms with Gasteiger partial charge in [-0.25, -0.2) is 0 Å². The molecule has 2 fully saturated rings. The van der Waals surface area contributed by atoms with Crippen molar-refractivity contribution in [1.82, 2.24) is 0 Å². The van der Waals surface area contributed by atoms with E-state index in [-0.39, 0.29) is 6.61 Å². The van der Waals surface area contributed by atoms with Crippen LogP contribution in [0.25, 0.3) is 10.4 Å². The smallest absolute Gasteiger partial charge is 0.163 e. The Hall–Kier alpha value is -0.930. The SMILES string of the molecule is CC1(C)O[C@@H]([C@@H](CO)N=[N+]=[N-])[C@@H](O)[C@@H]([C@H]2COC(C)(C)O2)O1. The first-order chi connectivity index (χ1) is 10.2. The number of aliphatic hydroxyl groups excluding tert-OH is 2. The lowest BCUT2D eigenvalue weighted by atomic mass is 9.96. The molecule has 0 radical (unpaired) electrons. The summed E-state index contributed by atoms with van der Waals surface area (Å²) in [6.45, 7) is 6.75. The fourth-order valence-corrected chi connectivity index (χ4v) is 2.76. The van der Waals surface area contributed by atoms with Crippen molar-refractivity contribution < 1.29 is 29.2 Å². The number of ether oxygens (including phenoxy) is 4. The molecule has 5 atom stereocenters. The predicted molar refractivity (Wildman–Crippen MR) is 74.8 cm³/mol. The van der Waals surface area contributed by atoms with Crippen LogP contribution < -0.4 is 0 Å². The van der Waals surface area contributed by atoms with Crippen molar-refractivity contribution in [1.29, 1.82) is 0 Å². The molecular formula is C13H23N3O6. The summed E-state index contributed by atoms with van der Waals surface area (Å²) in [5, 5.41) is 23.4. The average Bonchev–Trinajstić information content (AvgIpc) is 2.78. The molecule has 0 amide bonds. The normalized spacial score (nSPS) is 38.3. The third-order valence-corrected chi connectivity index (χ3v) is 3.68. The standard InChI is InChI=1S/C13H23N3O6/c1-12(2)19-6-8(20-12)11-9(18)10(7(5-17)15-16-14)21-13(3,4)22-11/h7-11,17-18H,5-6H2,1-4H3/t7-,8-,9-,10+,11-/m1/s1. The van der Waals surface area contributed by atoms with Gasteiger partial charge in [-0.3, -0.25) is 0 Å². The summed E-state index contributed by atoms with van der Waals surface area (Å²) in [4.78, 5) is 2.69. The van der Waals surface area contributed by atoms with E-state index >= 15 is 0 Å². The highest BCUT2D eigenvalue weighted by atomic mass is 16.8. The van der Waals surface area contributed by atoms with Crippen LogP contribution in [0.15, 0.2) is 5.11 Å². The number of nitrogens with zero attached hydrogens (tertiary/aromatic N) is 3. The third-order valence-electron chi connectivity index (χ3n) is 3.68. The molecule has 0 aromatic carbocycles. The van der Waals surface area contributed by atoms with Crippen molar-refractivity contribution in [3.8, 4) is 0 Å². The van der Waals surface area contributed by atoms with Gasteiger partial charge in [-0.05, 0) is 33.2 Å². The molecule has 126 valence electrons. The Morgan fingerprint density at radius 1 is 1.23 bits per heavy atom. The zero-order chi connectivity index (χ0) is 16.5. The summed E-state index contributed by atoms with van der Waals surface area (Å²) in [6, 6.07) is -0.916. The molecule has 0 bridgehead atoms. The highest BCUT2D eigenvalue weighted by molar-refractivity contribution is 4.96. The summed E-state index contributed by atoms with van der Waals surface area (Å²) in [5.74, 6) is -1.78. The van der Waals surface area contributed by atoms with E-state index in [2.05, 4.69) is 10.0 Å². The topological polar surface area (TPSA) is 126 Å². The van der Waals surface area contributed by atoms with Crippen LogP contribution in [0.4, 0.5) is 0 Å². The lowest BCUT2D eigenvalue weighted by molar-refractivity contribution is -0.350. The maximum atomic E-state index is 10.5. The summed E-state index contributed by atoms with van der Waals surface area (Å²) < 4.78 is 22.7. The van der Waals surface area contributed by atoms with Gasteiger partial charge in [0.25, 0.3) is 0 Å². The Kier molecular flexibility index (Phi) is 4.98. The molecule has 9 heteroatoms. The van der Waals surface area contributed by atoms with Crippen LogP contribution in [0, 0.1) is 0 Å². The van der Waals surface area contributed by atoms with Crippen LogP contribution in [-0.2, 0) is 18.9 Å². The molecule has 2 saturated heterocycles. The molecule has 2 aliphatic rings. The Bertz CT molecular complexity index is 451. The Labute approximate surface area is 128 Å². The number of hydrogen-bond donors (Lipinski definition) is 2. The molecule has 2 rings (SSSR count). The minimum atomic E-state index is -1.13. The number of hydrogen-bond acceptors (Lipinski definition) is 7. The second kappa shape index (κ2) is 6.29. The molecule has 9 nitrogen and oxygen atoms in total. The van der Waals surface area contributed by atoms with Crippen molar-refractivity contribution in [3.63, 3.8) is 0 Å². The minimum Gasteiger partial charge on any atom is -0.396 e.